The van der Waals surface area contributed by atoms with Crippen LogP contribution < -0.4 is 20.9 Å². The first-order valence-corrected chi connectivity index (χ1v) is 8.19. The molecule has 23 heavy (non-hydrogen) atoms. The average Bonchev–Trinajstić information content (AvgIpc) is 2.57. The van der Waals surface area contributed by atoms with Crippen LogP contribution in [-0.4, -0.2) is 16.3 Å². The lowest BCUT2D eigenvalue weighted by atomic mass is 9.83. The number of phenolic OH excluding ortho intramolecular Hbond substituents is 1. The van der Waals surface area contributed by atoms with Crippen molar-refractivity contribution in [2.75, 3.05) is 0 Å². The van der Waals surface area contributed by atoms with Crippen molar-refractivity contribution in [2.45, 2.75) is 25.9 Å². The standard InChI is InChI=1S/C21H20O2/c1-13-12-15-7-3-5-9-17(15)20(21(13)23)19-16-8-4-2-6-14(16)10-11-18(19)22/h3,5-13,21-23H,2,4H2,1H3. The number of aliphatic hydroxyl groups is 1. The summed E-state index contributed by atoms with van der Waals surface area (Å²) in [6.07, 6.45) is 7.86. The van der Waals surface area contributed by atoms with E-state index in [0.29, 0.717) is 0 Å². The number of fused-ring (bicyclic) bond motifs is 2. The van der Waals surface area contributed by atoms with Crippen molar-refractivity contribution in [3.05, 3.63) is 62.8 Å². The van der Waals surface area contributed by atoms with E-state index in [1.165, 1.54) is 0 Å². The lowest BCUT2D eigenvalue weighted by Crippen LogP contribution is -2.42. The Hall–Kier alpha value is -2.32. The summed E-state index contributed by atoms with van der Waals surface area (Å²) < 4.78 is 0. The van der Waals surface area contributed by atoms with Crippen molar-refractivity contribution in [3.63, 3.8) is 0 Å². The molecule has 0 amide bonds. The fourth-order valence-corrected chi connectivity index (χ4v) is 3.74. The number of aliphatic hydroxyl groups excluding tert-OH is 1. The Labute approximate surface area is 135 Å². The molecule has 0 heterocycles. The second kappa shape index (κ2) is 5.39. The molecule has 2 aliphatic rings. The molecule has 0 bridgehead atoms. The molecule has 0 radical (unpaired) electrons. The maximum atomic E-state index is 10.9. The van der Waals surface area contributed by atoms with Gasteiger partial charge in [0, 0.05) is 17.1 Å². The molecule has 0 spiro atoms. The minimum Gasteiger partial charge on any atom is -0.507 e. The van der Waals surface area contributed by atoms with Crippen molar-refractivity contribution in [3.8, 4) is 5.75 Å². The second-order valence-electron chi connectivity index (χ2n) is 6.42. The maximum absolute atomic E-state index is 10.9. The summed E-state index contributed by atoms with van der Waals surface area (Å²) in [7, 11) is 0. The van der Waals surface area contributed by atoms with Gasteiger partial charge in [-0.2, -0.15) is 0 Å². The van der Waals surface area contributed by atoms with E-state index in [2.05, 4.69) is 24.3 Å². The zero-order valence-electron chi connectivity index (χ0n) is 13.2. The molecule has 2 unspecified atom stereocenters. The van der Waals surface area contributed by atoms with Crippen molar-refractivity contribution >= 4 is 23.8 Å². The van der Waals surface area contributed by atoms with Crippen LogP contribution in [0.2, 0.25) is 0 Å². The minimum absolute atomic E-state index is 0.0164. The SMILES string of the molecule is CC1C=c2ccccc2=C(c2c(O)ccc3c2=CCCC=3)C1O. The van der Waals surface area contributed by atoms with Gasteiger partial charge in [0.05, 0.1) is 6.10 Å². The van der Waals surface area contributed by atoms with Crippen LogP contribution in [-0.2, 0) is 0 Å². The minimum atomic E-state index is -0.613. The van der Waals surface area contributed by atoms with E-state index < -0.39 is 6.10 Å². The highest BCUT2D eigenvalue weighted by Crippen LogP contribution is 2.26. The van der Waals surface area contributed by atoms with Gasteiger partial charge in [-0.1, -0.05) is 55.5 Å². The van der Waals surface area contributed by atoms with Gasteiger partial charge >= 0.3 is 0 Å². The third-order valence-electron chi connectivity index (χ3n) is 4.89. The van der Waals surface area contributed by atoms with Crippen LogP contribution in [0.5, 0.6) is 5.75 Å². The molecule has 2 aliphatic carbocycles. The van der Waals surface area contributed by atoms with E-state index in [9.17, 15) is 10.2 Å². The van der Waals surface area contributed by atoms with Gasteiger partial charge in [0.25, 0.3) is 0 Å². The van der Waals surface area contributed by atoms with Gasteiger partial charge in [0.2, 0.25) is 0 Å². The van der Waals surface area contributed by atoms with E-state index >= 15 is 0 Å². The van der Waals surface area contributed by atoms with Gasteiger partial charge in [-0.05, 0) is 39.8 Å². The van der Waals surface area contributed by atoms with Gasteiger partial charge in [-0.3, -0.25) is 0 Å². The molecule has 0 saturated heterocycles. The topological polar surface area (TPSA) is 40.5 Å². The Morgan fingerprint density at radius 2 is 1.74 bits per heavy atom. The molecule has 0 fully saturated rings. The molecule has 4 rings (SSSR count). The van der Waals surface area contributed by atoms with Gasteiger partial charge in [0.15, 0.2) is 0 Å². The van der Waals surface area contributed by atoms with Crippen LogP contribution in [0.25, 0.3) is 23.8 Å². The summed E-state index contributed by atoms with van der Waals surface area (Å²) in [6.45, 7) is 2.02. The van der Waals surface area contributed by atoms with Crippen molar-refractivity contribution < 1.29 is 10.2 Å². The van der Waals surface area contributed by atoms with Crippen LogP contribution in [0.3, 0.4) is 0 Å². The Kier molecular flexibility index (Phi) is 3.35. The number of hydrogen-bond acceptors (Lipinski definition) is 2. The third-order valence-corrected chi connectivity index (χ3v) is 4.89. The van der Waals surface area contributed by atoms with Crippen LogP contribution in [0.15, 0.2) is 36.4 Å². The van der Waals surface area contributed by atoms with Crippen LogP contribution >= 0.6 is 0 Å². The lowest BCUT2D eigenvalue weighted by molar-refractivity contribution is 0.198. The zero-order chi connectivity index (χ0) is 16.0. The second-order valence-corrected chi connectivity index (χ2v) is 6.42. The number of rotatable bonds is 1. The summed E-state index contributed by atoms with van der Waals surface area (Å²) in [5, 5.41) is 25.8. The van der Waals surface area contributed by atoms with E-state index in [0.717, 1.165) is 44.9 Å². The van der Waals surface area contributed by atoms with Crippen LogP contribution in [0.1, 0.15) is 25.3 Å². The van der Waals surface area contributed by atoms with Crippen molar-refractivity contribution in [1.82, 2.24) is 0 Å². The van der Waals surface area contributed by atoms with E-state index in [-0.39, 0.29) is 11.7 Å². The maximum Gasteiger partial charge on any atom is 0.123 e. The molecular weight excluding hydrogens is 284 g/mol. The Bertz CT molecular complexity index is 1010. The smallest absolute Gasteiger partial charge is 0.123 e. The summed E-state index contributed by atoms with van der Waals surface area (Å²) in [4.78, 5) is 0. The highest BCUT2D eigenvalue weighted by molar-refractivity contribution is 5.76. The van der Waals surface area contributed by atoms with Gasteiger partial charge in [-0.15, -0.1) is 0 Å². The largest absolute Gasteiger partial charge is 0.507 e. The molecule has 2 aromatic carbocycles. The lowest BCUT2D eigenvalue weighted by Gasteiger charge is -2.25. The van der Waals surface area contributed by atoms with Crippen molar-refractivity contribution in [2.24, 2.45) is 5.92 Å². The Morgan fingerprint density at radius 3 is 2.61 bits per heavy atom. The van der Waals surface area contributed by atoms with Gasteiger partial charge in [-0.25, -0.2) is 0 Å². The molecule has 0 aromatic heterocycles. The number of benzene rings is 2. The third kappa shape index (κ3) is 2.22. The number of aromatic hydroxyl groups is 1. The number of hydrogen-bond donors (Lipinski definition) is 2. The van der Waals surface area contributed by atoms with Gasteiger partial charge in [0.1, 0.15) is 5.75 Å². The highest BCUT2D eigenvalue weighted by Gasteiger charge is 2.25. The summed E-state index contributed by atoms with van der Waals surface area (Å²) in [5.74, 6) is 0.260. The molecule has 2 atom stereocenters. The molecule has 2 nitrogen and oxygen atoms in total. The van der Waals surface area contributed by atoms with Gasteiger partial charge < -0.3 is 10.2 Å². The van der Waals surface area contributed by atoms with Crippen molar-refractivity contribution in [1.29, 1.82) is 0 Å². The summed E-state index contributed by atoms with van der Waals surface area (Å²) >= 11 is 0. The van der Waals surface area contributed by atoms with E-state index in [1.807, 2.05) is 31.2 Å². The molecule has 116 valence electrons. The van der Waals surface area contributed by atoms with Crippen LogP contribution in [0, 0.1) is 5.92 Å². The predicted octanol–water partition coefficient (Wildman–Crippen LogP) is 0.737. The Balaban J connectivity index is 2.20. The summed E-state index contributed by atoms with van der Waals surface area (Å²) in [5.41, 5.74) is 1.63. The van der Waals surface area contributed by atoms with E-state index in [1.54, 1.807) is 6.07 Å². The first-order valence-electron chi connectivity index (χ1n) is 8.19. The predicted molar refractivity (Wildman–Crippen MR) is 93.4 cm³/mol. The first kappa shape index (κ1) is 14.3. The molecule has 2 N–H and O–H groups in total. The quantitative estimate of drug-likeness (QED) is 0.816. The normalized spacial score (nSPS) is 22.3. The molecule has 0 aliphatic heterocycles. The van der Waals surface area contributed by atoms with Crippen LogP contribution in [0.4, 0.5) is 0 Å². The molecule has 2 aromatic rings. The summed E-state index contributed by atoms with van der Waals surface area (Å²) in [6, 6.07) is 11.8. The monoisotopic (exact) mass is 304 g/mol. The highest BCUT2D eigenvalue weighted by atomic mass is 16.3. The first-order chi connectivity index (χ1) is 11.2. The Morgan fingerprint density at radius 1 is 0.957 bits per heavy atom. The zero-order valence-corrected chi connectivity index (χ0v) is 13.2. The number of phenols is 1. The molecule has 0 saturated carbocycles. The fourth-order valence-electron chi connectivity index (χ4n) is 3.74. The fraction of sp³-hybridized carbons (Fsp3) is 0.238. The molecular formula is C21H20O2. The van der Waals surface area contributed by atoms with E-state index in [4.69, 9.17) is 0 Å². The molecule has 2 heteroatoms. The average molecular weight is 304 g/mol.